The van der Waals surface area contributed by atoms with Crippen LogP contribution in [0.1, 0.15) is 40.6 Å². The number of hydrogen-bond acceptors (Lipinski definition) is 6. The van der Waals surface area contributed by atoms with Crippen LogP contribution in [0, 0.1) is 0 Å². The van der Waals surface area contributed by atoms with Crippen molar-refractivity contribution in [3.8, 4) is 11.5 Å². The lowest BCUT2D eigenvalue weighted by Gasteiger charge is -2.22. The van der Waals surface area contributed by atoms with Gasteiger partial charge in [-0.1, -0.05) is 0 Å². The first-order valence-electron chi connectivity index (χ1n) is 9.59. The monoisotopic (exact) mass is 432 g/mol. The van der Waals surface area contributed by atoms with Crippen molar-refractivity contribution < 1.29 is 22.7 Å². The van der Waals surface area contributed by atoms with Gasteiger partial charge in [0.1, 0.15) is 17.1 Å². The van der Waals surface area contributed by atoms with Gasteiger partial charge in [0.2, 0.25) is 0 Å². The van der Waals surface area contributed by atoms with Crippen LogP contribution in [0.3, 0.4) is 0 Å². The average molecular weight is 432 g/mol. The Balaban J connectivity index is 1.64. The molecule has 11 heteroatoms. The van der Waals surface area contributed by atoms with Crippen molar-refractivity contribution in [3.05, 3.63) is 54.0 Å². The fraction of sp³-hybridized carbons (Fsp3) is 0.350. The summed E-state index contributed by atoms with van der Waals surface area (Å²) in [5, 5.41) is 2.55. The molecule has 1 fully saturated rings. The number of ether oxygens (including phenoxy) is 1. The Kier molecular flexibility index (Phi) is 5.68. The normalized spacial score (nSPS) is 15.1. The lowest BCUT2D eigenvalue weighted by molar-refractivity contribution is -0.141. The molecule has 3 aromatic rings. The molecule has 1 amide bonds. The SMILES string of the molecule is Cn1cncc1-c1nc(C(=O)Nc2ccc(C(F)(F)F)nc2)cc(C2CCOCC2)n1. The lowest BCUT2D eigenvalue weighted by atomic mass is 9.95. The zero-order valence-corrected chi connectivity index (χ0v) is 16.6. The number of rotatable bonds is 4. The van der Waals surface area contributed by atoms with Crippen LogP contribution in [-0.2, 0) is 18.0 Å². The first-order chi connectivity index (χ1) is 14.8. The van der Waals surface area contributed by atoms with Gasteiger partial charge in [-0.2, -0.15) is 13.2 Å². The molecular formula is C20H19F3N6O2. The highest BCUT2D eigenvalue weighted by molar-refractivity contribution is 6.03. The van der Waals surface area contributed by atoms with Crippen LogP contribution in [0.5, 0.6) is 0 Å². The molecule has 0 saturated carbocycles. The predicted octanol–water partition coefficient (Wildman–Crippen LogP) is 3.44. The molecule has 0 spiro atoms. The minimum Gasteiger partial charge on any atom is -0.381 e. The third-order valence-corrected chi connectivity index (χ3v) is 4.98. The minimum absolute atomic E-state index is 0.104. The summed E-state index contributed by atoms with van der Waals surface area (Å²) in [6.07, 6.45) is 1.16. The molecule has 1 saturated heterocycles. The molecule has 8 nitrogen and oxygen atoms in total. The molecule has 0 bridgehead atoms. The molecule has 0 aliphatic carbocycles. The van der Waals surface area contributed by atoms with E-state index < -0.39 is 17.8 Å². The summed E-state index contributed by atoms with van der Waals surface area (Å²) in [7, 11) is 1.79. The van der Waals surface area contributed by atoms with Gasteiger partial charge >= 0.3 is 6.18 Å². The number of nitrogens with zero attached hydrogens (tertiary/aromatic N) is 5. The summed E-state index contributed by atoms with van der Waals surface area (Å²) in [4.78, 5) is 29.3. The molecule has 4 heterocycles. The first-order valence-corrected chi connectivity index (χ1v) is 9.59. The number of aromatic nitrogens is 5. The number of hydrogen-bond donors (Lipinski definition) is 1. The van der Waals surface area contributed by atoms with E-state index in [2.05, 4.69) is 25.3 Å². The number of pyridine rings is 1. The van der Waals surface area contributed by atoms with Crippen LogP contribution in [0.2, 0.25) is 0 Å². The van der Waals surface area contributed by atoms with Crippen molar-refractivity contribution >= 4 is 11.6 Å². The van der Waals surface area contributed by atoms with Crippen LogP contribution >= 0.6 is 0 Å². The molecule has 0 atom stereocenters. The zero-order valence-electron chi connectivity index (χ0n) is 16.6. The van der Waals surface area contributed by atoms with Crippen LogP contribution in [0.15, 0.2) is 36.9 Å². The largest absolute Gasteiger partial charge is 0.433 e. The number of alkyl halides is 3. The van der Waals surface area contributed by atoms with E-state index >= 15 is 0 Å². The maximum absolute atomic E-state index is 12.8. The molecular weight excluding hydrogens is 413 g/mol. The molecule has 1 aliphatic heterocycles. The Morgan fingerprint density at radius 1 is 1.19 bits per heavy atom. The van der Waals surface area contributed by atoms with Crippen molar-refractivity contribution in [1.82, 2.24) is 24.5 Å². The van der Waals surface area contributed by atoms with Gasteiger partial charge in [0.25, 0.3) is 5.91 Å². The summed E-state index contributed by atoms with van der Waals surface area (Å²) >= 11 is 0. The zero-order chi connectivity index (χ0) is 22.0. The van der Waals surface area contributed by atoms with Gasteiger partial charge in [-0.3, -0.25) is 4.79 Å². The second-order valence-electron chi connectivity index (χ2n) is 7.16. The molecule has 162 valence electrons. The molecule has 1 N–H and O–H groups in total. The molecule has 3 aromatic heterocycles. The Morgan fingerprint density at radius 3 is 2.58 bits per heavy atom. The van der Waals surface area contributed by atoms with Crippen LogP contribution < -0.4 is 5.32 Å². The van der Waals surface area contributed by atoms with Crippen molar-refractivity contribution in [2.24, 2.45) is 7.05 Å². The highest BCUT2D eigenvalue weighted by atomic mass is 19.4. The van der Waals surface area contributed by atoms with Crippen LogP contribution in [0.4, 0.5) is 18.9 Å². The summed E-state index contributed by atoms with van der Waals surface area (Å²) in [6.45, 7) is 1.21. The molecule has 0 unspecified atom stereocenters. The topological polar surface area (TPSA) is 94.8 Å². The minimum atomic E-state index is -4.55. The molecule has 0 radical (unpaired) electrons. The van der Waals surface area contributed by atoms with Crippen molar-refractivity contribution in [2.45, 2.75) is 24.9 Å². The van der Waals surface area contributed by atoms with Crippen LogP contribution in [-0.4, -0.2) is 43.6 Å². The van der Waals surface area contributed by atoms with E-state index in [1.165, 1.54) is 0 Å². The van der Waals surface area contributed by atoms with E-state index in [1.54, 1.807) is 30.2 Å². The highest BCUT2D eigenvalue weighted by Crippen LogP contribution is 2.29. The molecule has 31 heavy (non-hydrogen) atoms. The van der Waals surface area contributed by atoms with Crippen molar-refractivity contribution in [2.75, 3.05) is 18.5 Å². The Morgan fingerprint density at radius 2 is 1.97 bits per heavy atom. The summed E-state index contributed by atoms with van der Waals surface area (Å²) < 4.78 is 45.2. The number of amides is 1. The van der Waals surface area contributed by atoms with Gasteiger partial charge in [-0.05, 0) is 31.0 Å². The Bertz CT molecular complexity index is 1080. The van der Waals surface area contributed by atoms with Crippen molar-refractivity contribution in [3.63, 3.8) is 0 Å². The third kappa shape index (κ3) is 4.71. The van der Waals surface area contributed by atoms with Gasteiger partial charge in [0.05, 0.1) is 24.4 Å². The van der Waals surface area contributed by atoms with Crippen LogP contribution in [0.25, 0.3) is 11.5 Å². The fourth-order valence-corrected chi connectivity index (χ4v) is 3.30. The summed E-state index contributed by atoms with van der Waals surface area (Å²) in [5.74, 6) is -0.108. The number of aryl methyl sites for hydroxylation is 1. The fourth-order valence-electron chi connectivity index (χ4n) is 3.30. The van der Waals surface area contributed by atoms with Gasteiger partial charge in [-0.25, -0.2) is 19.9 Å². The highest BCUT2D eigenvalue weighted by Gasteiger charge is 2.32. The maximum atomic E-state index is 12.8. The molecule has 0 aromatic carbocycles. The summed E-state index contributed by atoms with van der Waals surface area (Å²) in [6, 6.07) is 3.57. The van der Waals surface area contributed by atoms with E-state index in [-0.39, 0.29) is 17.3 Å². The number of carbonyl (C=O) groups excluding carboxylic acids is 1. The van der Waals surface area contributed by atoms with Gasteiger partial charge < -0.3 is 14.6 Å². The van der Waals surface area contributed by atoms with E-state index in [4.69, 9.17) is 4.74 Å². The Labute approximate surface area is 175 Å². The van der Waals surface area contributed by atoms with E-state index in [9.17, 15) is 18.0 Å². The maximum Gasteiger partial charge on any atom is 0.433 e. The van der Waals surface area contributed by atoms with Gasteiger partial charge in [0.15, 0.2) is 5.82 Å². The van der Waals surface area contributed by atoms with Gasteiger partial charge in [0, 0.05) is 31.9 Å². The van der Waals surface area contributed by atoms with Gasteiger partial charge in [-0.15, -0.1) is 0 Å². The lowest BCUT2D eigenvalue weighted by Crippen LogP contribution is -2.19. The number of halogens is 3. The van der Waals surface area contributed by atoms with Crippen molar-refractivity contribution in [1.29, 1.82) is 0 Å². The second kappa shape index (κ2) is 8.42. The smallest absolute Gasteiger partial charge is 0.381 e. The first kappa shape index (κ1) is 20.9. The Hall–Kier alpha value is -3.34. The number of anilines is 1. The summed E-state index contributed by atoms with van der Waals surface area (Å²) in [5.41, 5.74) is 0.552. The average Bonchev–Trinajstić information content (AvgIpc) is 3.19. The predicted molar refractivity (Wildman–Crippen MR) is 104 cm³/mol. The second-order valence-corrected chi connectivity index (χ2v) is 7.16. The number of imidazole rings is 1. The molecule has 1 aliphatic rings. The standard InChI is InChI=1S/C20H19F3N6O2/c1-29-11-24-10-16(29)18-27-14(12-4-6-31-7-5-12)8-15(28-18)19(30)26-13-2-3-17(25-9-13)20(21,22)23/h2-3,8-12H,4-7H2,1H3,(H,26,30). The number of nitrogens with one attached hydrogen (secondary N) is 1. The quantitative estimate of drug-likeness (QED) is 0.679. The van der Waals surface area contributed by atoms with E-state index in [1.807, 2.05) is 0 Å². The third-order valence-electron chi connectivity index (χ3n) is 4.98. The van der Waals surface area contributed by atoms with E-state index in [0.29, 0.717) is 30.4 Å². The van der Waals surface area contributed by atoms with E-state index in [0.717, 1.165) is 31.2 Å². The number of carbonyl (C=O) groups is 1. The molecule has 4 rings (SSSR count).